The van der Waals surface area contributed by atoms with Crippen LogP contribution < -0.4 is 9.64 Å². The average molecular weight is 315 g/mol. The summed E-state index contributed by atoms with van der Waals surface area (Å²) in [4.78, 5) is 5.24. The molecule has 0 aliphatic heterocycles. The minimum atomic E-state index is 0.560. The van der Waals surface area contributed by atoms with E-state index >= 15 is 0 Å². The number of fused-ring (bicyclic) bond motifs is 1. The molecule has 0 saturated carbocycles. The monoisotopic (exact) mass is 315 g/mol. The Labute approximate surface area is 141 Å². The quantitative estimate of drug-likeness (QED) is 0.736. The molecular weight excluding hydrogens is 298 g/mol. The van der Waals surface area contributed by atoms with Gasteiger partial charge >= 0.3 is 0 Å². The van der Waals surface area contributed by atoms with Crippen molar-refractivity contribution < 1.29 is 4.74 Å². The predicted octanol–water partition coefficient (Wildman–Crippen LogP) is 3.51. The lowest BCUT2D eigenvalue weighted by molar-refractivity contribution is 0.415. The summed E-state index contributed by atoms with van der Waals surface area (Å²) >= 11 is 0. The molecule has 0 saturated heterocycles. The number of aromatic amines is 1. The third kappa shape index (κ3) is 2.91. The second-order valence-corrected chi connectivity index (χ2v) is 5.59. The van der Waals surface area contributed by atoms with Gasteiger partial charge in [0.15, 0.2) is 0 Å². The van der Waals surface area contributed by atoms with Crippen LogP contribution in [0.25, 0.3) is 10.9 Å². The van der Waals surface area contributed by atoms with Gasteiger partial charge in [-0.25, -0.2) is 0 Å². The first-order chi connectivity index (χ1) is 11.6. The number of ether oxygens (including phenoxy) is 1. The molecule has 0 radical (unpaired) electrons. The molecule has 0 aliphatic rings. The molecule has 0 fully saturated rings. The van der Waals surface area contributed by atoms with Crippen LogP contribution in [-0.2, 0) is 0 Å². The van der Waals surface area contributed by atoms with Gasteiger partial charge < -0.3 is 14.6 Å². The Kier molecular flexibility index (Phi) is 4.14. The summed E-state index contributed by atoms with van der Waals surface area (Å²) in [6.07, 6.45) is 0. The third-order valence-corrected chi connectivity index (χ3v) is 3.83. The average Bonchev–Trinajstić information content (AvgIpc) is 2.96. The van der Waals surface area contributed by atoms with Crippen molar-refractivity contribution in [1.29, 1.82) is 5.26 Å². The lowest BCUT2D eigenvalue weighted by Crippen LogP contribution is -2.07. The molecule has 2 aromatic carbocycles. The molecule has 3 rings (SSSR count). The van der Waals surface area contributed by atoms with Crippen molar-refractivity contribution in [2.45, 2.75) is 0 Å². The standard InChI is InChI=1S/C20H17N3O/c1-23(2)15-7-4-14(5-8-15)6-11-19-18(13-21)17-10-9-16(24-3)12-20(17)22-19/h4-5,7-10,12,22H,1-3H3. The molecule has 1 N–H and O–H groups in total. The molecule has 1 heterocycles. The SMILES string of the molecule is COc1ccc2c(C#N)c(C#Cc3ccc(N(C)C)cc3)[nH]c2c1. The fraction of sp³-hybridized carbons (Fsp3) is 0.150. The van der Waals surface area contributed by atoms with E-state index in [-0.39, 0.29) is 0 Å². The summed E-state index contributed by atoms with van der Waals surface area (Å²) < 4.78 is 5.22. The zero-order valence-electron chi connectivity index (χ0n) is 13.8. The number of nitrogens with one attached hydrogen (secondary N) is 1. The van der Waals surface area contributed by atoms with Gasteiger partial charge in [-0.15, -0.1) is 0 Å². The molecule has 3 aromatic rings. The molecule has 0 atom stereocenters. The van der Waals surface area contributed by atoms with Crippen molar-refractivity contribution in [3.8, 4) is 23.7 Å². The molecule has 0 spiro atoms. The molecule has 1 aromatic heterocycles. The lowest BCUT2D eigenvalue weighted by Gasteiger charge is -2.11. The first-order valence-electron chi connectivity index (χ1n) is 7.51. The highest BCUT2D eigenvalue weighted by molar-refractivity contribution is 5.89. The van der Waals surface area contributed by atoms with Crippen LogP contribution >= 0.6 is 0 Å². The van der Waals surface area contributed by atoms with Crippen molar-refractivity contribution in [2.75, 3.05) is 26.1 Å². The second kappa shape index (κ2) is 6.40. The first-order valence-corrected chi connectivity index (χ1v) is 7.51. The van der Waals surface area contributed by atoms with Gasteiger partial charge in [0.2, 0.25) is 0 Å². The van der Waals surface area contributed by atoms with Gasteiger partial charge in [-0.3, -0.25) is 0 Å². The van der Waals surface area contributed by atoms with Crippen LogP contribution in [0.1, 0.15) is 16.8 Å². The predicted molar refractivity (Wildman–Crippen MR) is 96.3 cm³/mol. The highest BCUT2D eigenvalue weighted by atomic mass is 16.5. The maximum atomic E-state index is 9.45. The zero-order chi connectivity index (χ0) is 17.1. The Morgan fingerprint density at radius 3 is 2.42 bits per heavy atom. The molecule has 4 heteroatoms. The Bertz CT molecular complexity index is 980. The molecule has 0 unspecified atom stereocenters. The van der Waals surface area contributed by atoms with E-state index in [1.807, 2.05) is 61.5 Å². The largest absolute Gasteiger partial charge is 0.497 e. The number of hydrogen-bond donors (Lipinski definition) is 1. The summed E-state index contributed by atoms with van der Waals surface area (Å²) in [5.41, 5.74) is 4.05. The third-order valence-electron chi connectivity index (χ3n) is 3.83. The number of nitriles is 1. The minimum absolute atomic E-state index is 0.560. The molecule has 4 nitrogen and oxygen atoms in total. The van der Waals surface area contributed by atoms with E-state index in [2.05, 4.69) is 22.9 Å². The Hall–Kier alpha value is -3.37. The maximum Gasteiger partial charge on any atom is 0.120 e. The molecule has 0 bridgehead atoms. The molecule has 0 amide bonds. The summed E-state index contributed by atoms with van der Waals surface area (Å²) in [5.74, 6) is 6.93. The fourth-order valence-corrected chi connectivity index (χ4v) is 2.49. The number of methoxy groups -OCH3 is 1. The van der Waals surface area contributed by atoms with Gasteiger partial charge in [-0.1, -0.05) is 5.92 Å². The van der Waals surface area contributed by atoms with E-state index in [9.17, 15) is 5.26 Å². The number of rotatable bonds is 2. The number of H-pyrrole nitrogens is 1. The summed E-state index contributed by atoms with van der Waals surface area (Å²) in [6.45, 7) is 0. The van der Waals surface area contributed by atoms with E-state index in [1.165, 1.54) is 0 Å². The summed E-state index contributed by atoms with van der Waals surface area (Å²) in [7, 11) is 5.62. The van der Waals surface area contributed by atoms with Crippen molar-refractivity contribution >= 4 is 16.6 Å². The Balaban J connectivity index is 2.00. The number of hydrogen-bond acceptors (Lipinski definition) is 3. The van der Waals surface area contributed by atoms with E-state index in [4.69, 9.17) is 4.74 Å². The lowest BCUT2D eigenvalue weighted by atomic mass is 10.1. The van der Waals surface area contributed by atoms with Gasteiger partial charge in [0.05, 0.1) is 18.2 Å². The van der Waals surface area contributed by atoms with E-state index in [0.717, 1.165) is 27.9 Å². The van der Waals surface area contributed by atoms with Crippen LogP contribution in [0, 0.1) is 23.2 Å². The normalized spacial score (nSPS) is 9.92. The second-order valence-electron chi connectivity index (χ2n) is 5.59. The number of anilines is 1. The number of benzene rings is 2. The van der Waals surface area contributed by atoms with Gasteiger partial charge in [0.1, 0.15) is 17.5 Å². The Morgan fingerprint density at radius 1 is 1.04 bits per heavy atom. The smallest absolute Gasteiger partial charge is 0.120 e. The van der Waals surface area contributed by atoms with Gasteiger partial charge in [-0.2, -0.15) is 5.26 Å². The van der Waals surface area contributed by atoms with Crippen LogP contribution in [0.5, 0.6) is 5.75 Å². The van der Waals surface area contributed by atoms with E-state index in [1.54, 1.807) is 7.11 Å². The van der Waals surface area contributed by atoms with Crippen molar-refractivity contribution in [3.63, 3.8) is 0 Å². The topological polar surface area (TPSA) is 52.0 Å². The van der Waals surface area contributed by atoms with E-state index < -0.39 is 0 Å². The van der Waals surface area contributed by atoms with Gasteiger partial charge in [0.25, 0.3) is 0 Å². The van der Waals surface area contributed by atoms with Crippen molar-refractivity contribution in [3.05, 3.63) is 59.3 Å². The highest BCUT2D eigenvalue weighted by Crippen LogP contribution is 2.25. The van der Waals surface area contributed by atoms with Gasteiger partial charge in [0, 0.05) is 36.8 Å². The first kappa shape index (κ1) is 15.5. The van der Waals surface area contributed by atoms with Crippen LogP contribution in [0.3, 0.4) is 0 Å². The van der Waals surface area contributed by atoms with Crippen molar-refractivity contribution in [2.24, 2.45) is 0 Å². The number of aromatic nitrogens is 1. The highest BCUT2D eigenvalue weighted by Gasteiger charge is 2.10. The molecule has 118 valence electrons. The summed E-state index contributed by atoms with van der Waals surface area (Å²) in [6, 6.07) is 15.8. The van der Waals surface area contributed by atoms with Crippen LogP contribution in [0.2, 0.25) is 0 Å². The van der Waals surface area contributed by atoms with E-state index in [0.29, 0.717) is 11.3 Å². The molecule has 24 heavy (non-hydrogen) atoms. The molecule has 0 aliphatic carbocycles. The minimum Gasteiger partial charge on any atom is -0.497 e. The zero-order valence-corrected chi connectivity index (χ0v) is 13.8. The number of nitrogens with zero attached hydrogens (tertiary/aromatic N) is 2. The van der Waals surface area contributed by atoms with Crippen LogP contribution in [-0.4, -0.2) is 26.2 Å². The van der Waals surface area contributed by atoms with Crippen LogP contribution in [0.15, 0.2) is 42.5 Å². The van der Waals surface area contributed by atoms with Crippen molar-refractivity contribution in [1.82, 2.24) is 4.98 Å². The van der Waals surface area contributed by atoms with Crippen LogP contribution in [0.4, 0.5) is 5.69 Å². The summed E-state index contributed by atoms with van der Waals surface area (Å²) in [5, 5.41) is 10.3. The Morgan fingerprint density at radius 2 is 1.79 bits per heavy atom. The van der Waals surface area contributed by atoms with Gasteiger partial charge in [-0.05, 0) is 42.3 Å². The fourth-order valence-electron chi connectivity index (χ4n) is 2.49. The maximum absolute atomic E-state index is 9.45. The molecular formula is C20H17N3O.